The molecule has 31 heavy (non-hydrogen) atoms. The van der Waals surface area contributed by atoms with E-state index >= 15 is 0 Å². The molecular formula is C23H20ClN3O3S. The fourth-order valence-corrected chi connectivity index (χ4v) is 3.25. The van der Waals surface area contributed by atoms with E-state index in [0.29, 0.717) is 27.1 Å². The number of amides is 1. The minimum Gasteiger partial charge on any atom is -0.452 e. The van der Waals surface area contributed by atoms with Crippen LogP contribution in [0, 0.1) is 6.92 Å². The van der Waals surface area contributed by atoms with Crippen LogP contribution >= 0.6 is 23.8 Å². The highest BCUT2D eigenvalue weighted by molar-refractivity contribution is 7.80. The lowest BCUT2D eigenvalue weighted by atomic mass is 10.2. The monoisotopic (exact) mass is 453 g/mol. The molecule has 0 spiro atoms. The van der Waals surface area contributed by atoms with Crippen LogP contribution in [0.15, 0.2) is 72.8 Å². The Balaban J connectivity index is 1.48. The Morgan fingerprint density at radius 2 is 1.52 bits per heavy atom. The van der Waals surface area contributed by atoms with Crippen molar-refractivity contribution in [3.05, 3.63) is 88.9 Å². The molecule has 0 bridgehead atoms. The summed E-state index contributed by atoms with van der Waals surface area (Å²) in [6.07, 6.45) is 0. The van der Waals surface area contributed by atoms with E-state index < -0.39 is 18.5 Å². The second kappa shape index (κ2) is 10.6. The second-order valence-corrected chi connectivity index (χ2v) is 7.51. The van der Waals surface area contributed by atoms with Crippen molar-refractivity contribution >= 4 is 57.9 Å². The standard InChI is InChI=1S/C23H20ClN3O3S/c1-15-11-17(24)13-20(12-15)25-21(28)14-30-22(29)16-7-9-19(10-8-16)27-23(31)26-18-5-3-2-4-6-18/h2-13H,14H2,1H3,(H,25,28)(H2,26,27,31). The van der Waals surface area contributed by atoms with Crippen LogP contribution in [0.1, 0.15) is 15.9 Å². The number of thiocarbonyl (C=S) groups is 1. The smallest absolute Gasteiger partial charge is 0.338 e. The molecule has 0 saturated carbocycles. The summed E-state index contributed by atoms with van der Waals surface area (Å²) in [5.74, 6) is -1.06. The molecule has 0 atom stereocenters. The molecule has 8 heteroatoms. The summed E-state index contributed by atoms with van der Waals surface area (Å²) in [7, 11) is 0. The van der Waals surface area contributed by atoms with Crippen molar-refractivity contribution in [2.45, 2.75) is 6.92 Å². The predicted octanol–water partition coefficient (Wildman–Crippen LogP) is 5.25. The van der Waals surface area contributed by atoms with Gasteiger partial charge in [-0.2, -0.15) is 0 Å². The van der Waals surface area contributed by atoms with E-state index in [1.54, 1.807) is 42.5 Å². The number of benzene rings is 3. The van der Waals surface area contributed by atoms with Crippen LogP contribution in [-0.2, 0) is 9.53 Å². The van der Waals surface area contributed by atoms with Gasteiger partial charge in [0.1, 0.15) is 0 Å². The average Bonchev–Trinajstić information content (AvgIpc) is 2.72. The van der Waals surface area contributed by atoms with Gasteiger partial charge >= 0.3 is 5.97 Å². The number of halogens is 1. The highest BCUT2D eigenvalue weighted by Gasteiger charge is 2.11. The fraction of sp³-hybridized carbons (Fsp3) is 0.0870. The summed E-state index contributed by atoms with van der Waals surface area (Å²) in [6.45, 7) is 1.46. The molecule has 3 rings (SSSR count). The Hall–Kier alpha value is -3.42. The maximum atomic E-state index is 12.2. The third-order valence-electron chi connectivity index (χ3n) is 4.07. The molecule has 158 valence electrons. The van der Waals surface area contributed by atoms with Crippen LogP contribution < -0.4 is 16.0 Å². The van der Waals surface area contributed by atoms with E-state index in [2.05, 4.69) is 16.0 Å². The van der Waals surface area contributed by atoms with Gasteiger partial charge in [-0.15, -0.1) is 0 Å². The van der Waals surface area contributed by atoms with Gasteiger partial charge in [0.05, 0.1) is 5.56 Å². The first-order valence-corrected chi connectivity index (χ1v) is 10.1. The Morgan fingerprint density at radius 1 is 0.871 bits per heavy atom. The van der Waals surface area contributed by atoms with E-state index in [1.807, 2.05) is 37.3 Å². The first-order chi connectivity index (χ1) is 14.9. The molecule has 0 aliphatic carbocycles. The lowest BCUT2D eigenvalue weighted by Crippen LogP contribution is -2.21. The van der Waals surface area contributed by atoms with E-state index in [1.165, 1.54) is 0 Å². The maximum Gasteiger partial charge on any atom is 0.338 e. The molecule has 3 N–H and O–H groups in total. The molecule has 0 fully saturated rings. The van der Waals surface area contributed by atoms with E-state index in [-0.39, 0.29) is 0 Å². The maximum absolute atomic E-state index is 12.2. The van der Waals surface area contributed by atoms with Crippen molar-refractivity contribution < 1.29 is 14.3 Å². The van der Waals surface area contributed by atoms with Crippen molar-refractivity contribution in [2.75, 3.05) is 22.6 Å². The van der Waals surface area contributed by atoms with Crippen LogP contribution in [0.5, 0.6) is 0 Å². The number of rotatable bonds is 6. The van der Waals surface area contributed by atoms with E-state index in [0.717, 1.165) is 11.3 Å². The highest BCUT2D eigenvalue weighted by Crippen LogP contribution is 2.18. The summed E-state index contributed by atoms with van der Waals surface area (Å²) in [5, 5.41) is 9.69. The molecule has 0 radical (unpaired) electrons. The third kappa shape index (κ3) is 7.09. The quantitative estimate of drug-likeness (QED) is 0.349. The Morgan fingerprint density at radius 3 is 2.16 bits per heavy atom. The number of hydrogen-bond donors (Lipinski definition) is 3. The summed E-state index contributed by atoms with van der Waals surface area (Å²) < 4.78 is 5.08. The first kappa shape index (κ1) is 22.3. The first-order valence-electron chi connectivity index (χ1n) is 9.36. The molecule has 6 nitrogen and oxygen atoms in total. The second-order valence-electron chi connectivity index (χ2n) is 6.66. The Bertz CT molecular complexity index is 1070. The van der Waals surface area contributed by atoms with Crippen molar-refractivity contribution in [3.8, 4) is 0 Å². The minimum atomic E-state index is -0.603. The summed E-state index contributed by atoms with van der Waals surface area (Å²) in [6, 6.07) is 21.3. The molecule has 0 aromatic heterocycles. The van der Waals surface area contributed by atoms with Gasteiger partial charge in [0.2, 0.25) is 0 Å². The molecule has 3 aromatic carbocycles. The van der Waals surface area contributed by atoms with Gasteiger partial charge in [-0.25, -0.2) is 4.79 Å². The largest absolute Gasteiger partial charge is 0.452 e. The fourth-order valence-electron chi connectivity index (χ4n) is 2.72. The zero-order valence-corrected chi connectivity index (χ0v) is 18.2. The number of ether oxygens (including phenoxy) is 1. The van der Waals surface area contributed by atoms with Crippen LogP contribution in [0.25, 0.3) is 0 Å². The highest BCUT2D eigenvalue weighted by atomic mass is 35.5. The van der Waals surface area contributed by atoms with E-state index in [4.69, 9.17) is 28.6 Å². The van der Waals surface area contributed by atoms with Gasteiger partial charge in [0.25, 0.3) is 5.91 Å². The minimum absolute atomic E-state index is 0.318. The number of hydrogen-bond acceptors (Lipinski definition) is 4. The summed E-state index contributed by atoms with van der Waals surface area (Å²) in [4.78, 5) is 24.2. The number of carbonyl (C=O) groups is 2. The average molecular weight is 454 g/mol. The Labute approximate surface area is 190 Å². The number of anilines is 3. The number of para-hydroxylation sites is 1. The van der Waals surface area contributed by atoms with Crippen LogP contribution in [0.4, 0.5) is 17.1 Å². The molecule has 0 unspecified atom stereocenters. The third-order valence-corrected chi connectivity index (χ3v) is 4.49. The lowest BCUT2D eigenvalue weighted by Gasteiger charge is -2.11. The zero-order chi connectivity index (χ0) is 22.2. The topological polar surface area (TPSA) is 79.5 Å². The summed E-state index contributed by atoms with van der Waals surface area (Å²) in [5.41, 5.74) is 3.35. The number of carbonyl (C=O) groups excluding carboxylic acids is 2. The van der Waals surface area contributed by atoms with Gasteiger partial charge in [0, 0.05) is 22.1 Å². The molecule has 0 saturated heterocycles. The molecule has 1 amide bonds. The zero-order valence-electron chi connectivity index (χ0n) is 16.6. The normalized spacial score (nSPS) is 10.1. The molecular weight excluding hydrogens is 434 g/mol. The van der Waals surface area contributed by atoms with Crippen LogP contribution in [-0.4, -0.2) is 23.6 Å². The predicted molar refractivity (Wildman–Crippen MR) is 128 cm³/mol. The van der Waals surface area contributed by atoms with Crippen molar-refractivity contribution in [3.63, 3.8) is 0 Å². The van der Waals surface area contributed by atoms with Crippen molar-refractivity contribution in [1.29, 1.82) is 0 Å². The molecule has 0 aliphatic heterocycles. The van der Waals surface area contributed by atoms with E-state index in [9.17, 15) is 9.59 Å². The Kier molecular flexibility index (Phi) is 7.59. The molecule has 0 aliphatic rings. The van der Waals surface area contributed by atoms with Gasteiger partial charge < -0.3 is 20.7 Å². The molecule has 0 heterocycles. The van der Waals surface area contributed by atoms with Crippen LogP contribution in [0.3, 0.4) is 0 Å². The van der Waals surface area contributed by atoms with Gasteiger partial charge in [-0.05, 0) is 79.3 Å². The molecule has 3 aromatic rings. The van der Waals surface area contributed by atoms with Gasteiger partial charge in [0.15, 0.2) is 11.7 Å². The SMILES string of the molecule is Cc1cc(Cl)cc(NC(=O)COC(=O)c2ccc(NC(=S)Nc3ccccc3)cc2)c1. The lowest BCUT2D eigenvalue weighted by molar-refractivity contribution is -0.119. The number of nitrogens with one attached hydrogen (secondary N) is 3. The van der Waals surface area contributed by atoms with Gasteiger partial charge in [-0.1, -0.05) is 29.8 Å². The van der Waals surface area contributed by atoms with Crippen molar-refractivity contribution in [1.82, 2.24) is 0 Å². The van der Waals surface area contributed by atoms with Gasteiger partial charge in [-0.3, -0.25) is 4.79 Å². The van der Waals surface area contributed by atoms with Crippen molar-refractivity contribution in [2.24, 2.45) is 0 Å². The number of esters is 1. The number of aryl methyl sites for hydroxylation is 1. The summed E-state index contributed by atoms with van der Waals surface area (Å²) >= 11 is 11.2. The van der Waals surface area contributed by atoms with Crippen LogP contribution in [0.2, 0.25) is 5.02 Å².